The van der Waals surface area contributed by atoms with Gasteiger partial charge in [0.2, 0.25) is 0 Å². The van der Waals surface area contributed by atoms with Gasteiger partial charge >= 0.3 is 6.18 Å². The van der Waals surface area contributed by atoms with E-state index in [0.717, 1.165) is 18.2 Å². The quantitative estimate of drug-likeness (QED) is 0.283. The zero-order valence-corrected chi connectivity index (χ0v) is 21.6. The number of ether oxygens (including phenoxy) is 2. The molecule has 13 heteroatoms. The van der Waals surface area contributed by atoms with Gasteiger partial charge in [-0.2, -0.15) is 13.2 Å². The molecule has 8 nitrogen and oxygen atoms in total. The Labute approximate surface area is 226 Å². The predicted octanol–water partition coefficient (Wildman–Crippen LogP) is 4.26. The number of halogens is 5. The first-order valence-corrected chi connectivity index (χ1v) is 12.2. The number of nitrogens with two attached hydrogens (primary N) is 2. The smallest absolute Gasteiger partial charge is 0.398 e. The molecular weight excluding hydrogens is 542 g/mol. The fourth-order valence-electron chi connectivity index (χ4n) is 4.17. The molecule has 2 aliphatic heterocycles. The van der Waals surface area contributed by atoms with Gasteiger partial charge < -0.3 is 26.0 Å². The van der Waals surface area contributed by atoms with E-state index >= 15 is 0 Å². The molecule has 0 radical (unpaired) electrons. The van der Waals surface area contributed by atoms with Crippen molar-refractivity contribution in [1.29, 1.82) is 0 Å². The number of aliphatic hydroxyl groups excluding tert-OH is 1. The summed E-state index contributed by atoms with van der Waals surface area (Å²) >= 11 is 5.95. The zero-order chi connectivity index (χ0) is 28.5. The second kappa shape index (κ2) is 11.4. The van der Waals surface area contributed by atoms with Gasteiger partial charge in [0.05, 0.1) is 23.7 Å². The summed E-state index contributed by atoms with van der Waals surface area (Å²) in [5.41, 5.74) is 11.8. The predicted molar refractivity (Wildman–Crippen MR) is 141 cm³/mol. The largest absolute Gasteiger partial charge is 0.418 e. The normalized spacial score (nSPS) is 26.7. The highest BCUT2D eigenvalue weighted by atomic mass is 35.5. The number of hydrogen-bond acceptors (Lipinski definition) is 6. The number of aliphatic imine (C=N–C) groups is 3. The Bertz CT molecular complexity index is 1340. The average molecular weight is 568 g/mol. The van der Waals surface area contributed by atoms with E-state index < -0.39 is 53.7 Å². The molecule has 2 aromatic rings. The molecule has 5 unspecified atom stereocenters. The average Bonchev–Trinajstić information content (AvgIpc) is 2.83. The highest BCUT2D eigenvalue weighted by molar-refractivity contribution is 6.30. The Balaban J connectivity index is 1.70. The number of amidine groups is 2. The lowest BCUT2D eigenvalue weighted by atomic mass is 9.89. The number of benzene rings is 2. The fourth-order valence-corrected chi connectivity index (χ4v) is 4.33. The third-order valence-corrected chi connectivity index (χ3v) is 6.44. The lowest BCUT2D eigenvalue weighted by molar-refractivity contribution is -0.255. The first-order valence-electron chi connectivity index (χ1n) is 11.8. The Hall–Kier alpha value is -3.32. The van der Waals surface area contributed by atoms with Crippen molar-refractivity contribution in [3.63, 3.8) is 0 Å². The summed E-state index contributed by atoms with van der Waals surface area (Å²) in [5.74, 6) is -0.702. The maximum atomic E-state index is 13.7. The van der Waals surface area contributed by atoms with Gasteiger partial charge in [0.15, 0.2) is 5.84 Å². The number of allylic oxidation sites excluding steroid dienone is 1. The maximum Gasteiger partial charge on any atom is 0.418 e. The van der Waals surface area contributed by atoms with E-state index in [0.29, 0.717) is 16.8 Å². The number of hydrogen-bond donors (Lipinski definition) is 3. The van der Waals surface area contributed by atoms with Gasteiger partial charge in [-0.15, -0.1) is 0 Å². The van der Waals surface area contributed by atoms with Gasteiger partial charge in [-0.3, -0.25) is 4.99 Å². The third kappa shape index (κ3) is 6.47. The second-order valence-electron chi connectivity index (χ2n) is 9.14. The molecule has 2 aromatic carbocycles. The van der Waals surface area contributed by atoms with E-state index in [1.807, 2.05) is 0 Å². The number of nitrogens with zero attached hydrogens (tertiary/aromatic N) is 3. The van der Waals surface area contributed by atoms with Crippen molar-refractivity contribution < 1.29 is 32.1 Å². The van der Waals surface area contributed by atoms with Crippen LogP contribution in [0.3, 0.4) is 0 Å². The highest BCUT2D eigenvalue weighted by Crippen LogP contribution is 2.39. The first-order chi connectivity index (χ1) is 18.3. The highest BCUT2D eigenvalue weighted by Gasteiger charge is 2.52. The van der Waals surface area contributed by atoms with Crippen LogP contribution in [-0.2, 0) is 15.7 Å². The Morgan fingerprint density at radius 3 is 2.41 bits per heavy atom. The summed E-state index contributed by atoms with van der Waals surface area (Å²) < 4.78 is 65.7. The van der Waals surface area contributed by atoms with Crippen molar-refractivity contribution in [2.45, 2.75) is 50.5 Å². The molecule has 0 aliphatic carbocycles. The molecule has 5 N–H and O–H groups in total. The Morgan fingerprint density at radius 2 is 1.82 bits per heavy atom. The summed E-state index contributed by atoms with van der Waals surface area (Å²) in [6.07, 6.45) is -7.13. The summed E-state index contributed by atoms with van der Waals surface area (Å²) in [7, 11) is 0. The van der Waals surface area contributed by atoms with Crippen LogP contribution in [0.15, 0.2) is 63.0 Å². The molecule has 2 heterocycles. The van der Waals surface area contributed by atoms with Gasteiger partial charge in [0.1, 0.15) is 36.3 Å². The van der Waals surface area contributed by atoms with E-state index in [-0.39, 0.29) is 23.3 Å². The van der Waals surface area contributed by atoms with Crippen LogP contribution in [0.1, 0.15) is 25.0 Å². The van der Waals surface area contributed by atoms with E-state index in [1.165, 1.54) is 37.4 Å². The fraction of sp³-hybridized carbons (Fsp3) is 0.346. The first kappa shape index (κ1) is 28.7. The lowest BCUT2D eigenvalue weighted by Gasteiger charge is -2.48. The van der Waals surface area contributed by atoms with E-state index in [4.69, 9.17) is 32.5 Å². The second-order valence-corrected chi connectivity index (χ2v) is 9.57. The lowest BCUT2D eigenvalue weighted by Crippen LogP contribution is -2.66. The van der Waals surface area contributed by atoms with Gasteiger partial charge in [0, 0.05) is 16.9 Å². The van der Waals surface area contributed by atoms with Crippen molar-refractivity contribution >= 4 is 40.9 Å². The SMILES string of the molecule is CC(N)=NC(=Nc1cc(Cl)ccc1C(F)(F)F)C1OC2COC2C(N=C/C(C)=C(\N)c2ccc(F)cc2)C1O. The van der Waals surface area contributed by atoms with Gasteiger partial charge in [-0.1, -0.05) is 11.6 Å². The number of rotatable bonds is 5. The molecule has 0 bridgehead atoms. The molecule has 0 saturated carbocycles. The van der Waals surface area contributed by atoms with Gasteiger partial charge in [-0.05, 0) is 67.4 Å². The van der Waals surface area contributed by atoms with Crippen molar-refractivity contribution in [2.24, 2.45) is 26.4 Å². The molecule has 0 spiro atoms. The number of alkyl halides is 3. The standard InChI is InChI=1S/C26H26ClF4N5O3/c1-12(20(33)14-3-6-16(28)7-4-14)10-34-21-22(37)24(39-19-11-38-23(19)21)25(35-13(2)32)36-18-9-15(27)5-8-17(18)26(29,30)31/h3-10,19,21-24,37H,11,33H2,1-2H3,(H2,32,35,36)/b20-12-,34-10?. The van der Waals surface area contributed by atoms with E-state index in [2.05, 4.69) is 15.0 Å². The summed E-state index contributed by atoms with van der Waals surface area (Å²) in [6, 6.07) is 7.65. The number of fused-ring (bicyclic) bond motifs is 1. The monoisotopic (exact) mass is 567 g/mol. The third-order valence-electron chi connectivity index (χ3n) is 6.20. The van der Waals surface area contributed by atoms with Gasteiger partial charge in [0.25, 0.3) is 0 Å². The van der Waals surface area contributed by atoms with Crippen LogP contribution in [0.4, 0.5) is 23.2 Å². The molecule has 39 heavy (non-hydrogen) atoms. The van der Waals surface area contributed by atoms with Gasteiger partial charge in [-0.25, -0.2) is 14.4 Å². The van der Waals surface area contributed by atoms with Crippen LogP contribution < -0.4 is 11.5 Å². The zero-order valence-electron chi connectivity index (χ0n) is 20.9. The van der Waals surface area contributed by atoms with E-state index in [9.17, 15) is 22.7 Å². The van der Waals surface area contributed by atoms with Crippen LogP contribution in [0.5, 0.6) is 0 Å². The molecule has 2 saturated heterocycles. The minimum Gasteiger partial charge on any atom is -0.398 e. The van der Waals surface area contributed by atoms with E-state index in [1.54, 1.807) is 6.92 Å². The number of aliphatic hydroxyl groups is 1. The molecule has 208 valence electrons. The summed E-state index contributed by atoms with van der Waals surface area (Å²) in [4.78, 5) is 12.7. The van der Waals surface area contributed by atoms with Crippen molar-refractivity contribution in [1.82, 2.24) is 0 Å². The Kier molecular flexibility index (Phi) is 8.40. The van der Waals surface area contributed by atoms with Crippen molar-refractivity contribution in [2.75, 3.05) is 6.61 Å². The molecule has 0 amide bonds. The molecule has 0 aromatic heterocycles. The molecule has 5 atom stereocenters. The summed E-state index contributed by atoms with van der Waals surface area (Å²) in [6.45, 7) is 3.29. The van der Waals surface area contributed by atoms with Crippen molar-refractivity contribution in [3.05, 3.63) is 70.0 Å². The van der Waals surface area contributed by atoms with Crippen LogP contribution in [0.25, 0.3) is 5.70 Å². The minimum atomic E-state index is -4.73. The molecule has 2 aliphatic rings. The van der Waals surface area contributed by atoms with Crippen LogP contribution >= 0.6 is 11.6 Å². The molecule has 4 rings (SSSR count). The maximum absolute atomic E-state index is 13.7. The Morgan fingerprint density at radius 1 is 1.13 bits per heavy atom. The van der Waals surface area contributed by atoms with Crippen LogP contribution in [0.2, 0.25) is 5.02 Å². The molecular formula is C26H26ClF4N5O3. The summed E-state index contributed by atoms with van der Waals surface area (Å²) in [5, 5.41) is 11.3. The van der Waals surface area contributed by atoms with Crippen LogP contribution in [0, 0.1) is 5.82 Å². The van der Waals surface area contributed by atoms with Crippen molar-refractivity contribution in [3.8, 4) is 0 Å². The topological polar surface area (TPSA) is 128 Å². The minimum absolute atomic E-state index is 0.0157. The molecule has 2 fully saturated rings. The van der Waals surface area contributed by atoms with Crippen LogP contribution in [-0.4, -0.2) is 60.1 Å².